The van der Waals surface area contributed by atoms with E-state index in [1.54, 1.807) is 6.07 Å². The number of nitrogens with one attached hydrogen (secondary N) is 1. The number of thiazole rings is 1. The molecule has 0 aliphatic heterocycles. The number of hydrazone groups is 1. The minimum atomic E-state index is -0.513. The number of rotatable bonds is 3. The van der Waals surface area contributed by atoms with Crippen molar-refractivity contribution in [1.82, 2.24) is 9.97 Å². The number of nitrogens with zero attached hydrogens (tertiary/aromatic N) is 5. The number of carbonyl (C=O) groups excluding carboxylic acids is 1. The summed E-state index contributed by atoms with van der Waals surface area (Å²) in [6, 6.07) is 8.46. The lowest BCUT2D eigenvalue weighted by Gasteiger charge is -2.01. The lowest BCUT2D eigenvalue weighted by molar-refractivity contribution is 0.101. The number of aromatic nitrogens is 2. The van der Waals surface area contributed by atoms with Crippen LogP contribution in [0.3, 0.4) is 0 Å². The predicted molar refractivity (Wildman–Crippen MR) is 98.6 cm³/mol. The Morgan fingerprint density at radius 2 is 2.04 bits per heavy atom. The number of hydrogen-bond donors (Lipinski definition) is 3. The SMILES string of the molecule is C#N.C#N.NN=Cc1ccc2nc(NC(=O)c3ncccc3O)sc2c1. The zero-order valence-corrected chi connectivity index (χ0v) is 14.1. The highest BCUT2D eigenvalue weighted by molar-refractivity contribution is 7.22. The number of carbonyl (C=O) groups is 1. The van der Waals surface area contributed by atoms with Crippen molar-refractivity contribution in [3.63, 3.8) is 0 Å². The van der Waals surface area contributed by atoms with E-state index in [4.69, 9.17) is 16.4 Å². The molecule has 0 saturated heterocycles. The highest BCUT2D eigenvalue weighted by Crippen LogP contribution is 2.27. The van der Waals surface area contributed by atoms with E-state index in [-0.39, 0.29) is 11.4 Å². The summed E-state index contributed by atoms with van der Waals surface area (Å²) in [5.41, 5.74) is 1.55. The molecule has 3 rings (SSSR count). The van der Waals surface area contributed by atoms with Crippen LogP contribution in [0.15, 0.2) is 41.6 Å². The van der Waals surface area contributed by atoms with E-state index in [0.717, 1.165) is 15.8 Å². The Morgan fingerprint density at radius 1 is 1.31 bits per heavy atom. The maximum absolute atomic E-state index is 12.1. The molecule has 0 radical (unpaired) electrons. The number of aromatic hydroxyl groups is 1. The smallest absolute Gasteiger partial charge is 0.279 e. The third kappa shape index (κ3) is 4.74. The number of hydrogen-bond acceptors (Lipinski definition) is 9. The molecule has 4 N–H and O–H groups in total. The minimum Gasteiger partial charge on any atom is -0.505 e. The zero-order chi connectivity index (χ0) is 19.5. The molecule has 0 saturated carbocycles. The summed E-state index contributed by atoms with van der Waals surface area (Å²) in [7, 11) is 0. The number of nitriles is 2. The lowest BCUT2D eigenvalue weighted by atomic mass is 10.2. The number of benzene rings is 1. The summed E-state index contributed by atoms with van der Waals surface area (Å²) in [5.74, 6) is 4.43. The molecule has 9 nitrogen and oxygen atoms in total. The van der Waals surface area contributed by atoms with Gasteiger partial charge in [0.25, 0.3) is 5.91 Å². The van der Waals surface area contributed by atoms with Crippen molar-refractivity contribution in [3.8, 4) is 18.9 Å². The molecule has 2 heterocycles. The normalized spacial score (nSPS) is 9.54. The van der Waals surface area contributed by atoms with Crippen molar-refractivity contribution in [3.05, 3.63) is 47.8 Å². The molecule has 26 heavy (non-hydrogen) atoms. The predicted octanol–water partition coefficient (Wildman–Crippen LogP) is 2.22. The van der Waals surface area contributed by atoms with Gasteiger partial charge in [-0.05, 0) is 29.8 Å². The van der Waals surface area contributed by atoms with Gasteiger partial charge in [-0.2, -0.15) is 5.10 Å². The van der Waals surface area contributed by atoms with Gasteiger partial charge in [-0.3, -0.25) is 10.1 Å². The van der Waals surface area contributed by atoms with Crippen molar-refractivity contribution in [2.75, 3.05) is 5.32 Å². The van der Waals surface area contributed by atoms with Gasteiger partial charge >= 0.3 is 0 Å². The standard InChI is InChI=1S/C14H11N5O2S.2CHN/c15-17-7-8-3-4-9-11(6-8)22-14(18-9)19-13(21)12-10(20)2-1-5-16-12;2*1-2/h1-7,20H,15H2,(H,18,19,21);2*1H. The Hall–Kier alpha value is -4.02. The Morgan fingerprint density at radius 3 is 2.69 bits per heavy atom. The zero-order valence-electron chi connectivity index (χ0n) is 13.3. The molecule has 0 unspecified atom stereocenters. The monoisotopic (exact) mass is 367 g/mol. The Kier molecular flexibility index (Phi) is 7.68. The van der Waals surface area contributed by atoms with Gasteiger partial charge in [0.1, 0.15) is 5.75 Å². The van der Waals surface area contributed by atoms with Crippen LogP contribution in [0.4, 0.5) is 5.13 Å². The van der Waals surface area contributed by atoms with Crippen molar-refractivity contribution >= 4 is 38.8 Å². The molecule has 0 aliphatic carbocycles. The van der Waals surface area contributed by atoms with Gasteiger partial charge in [0, 0.05) is 19.3 Å². The molecule has 2 aromatic heterocycles. The third-order valence-electron chi connectivity index (χ3n) is 2.86. The molecule has 10 heteroatoms. The van der Waals surface area contributed by atoms with Crippen LogP contribution in [0, 0.1) is 23.7 Å². The van der Waals surface area contributed by atoms with E-state index in [1.807, 2.05) is 18.2 Å². The van der Waals surface area contributed by atoms with Crippen molar-refractivity contribution in [2.45, 2.75) is 0 Å². The van der Waals surface area contributed by atoms with E-state index < -0.39 is 5.91 Å². The van der Waals surface area contributed by atoms with Gasteiger partial charge in [-0.1, -0.05) is 17.4 Å². The van der Waals surface area contributed by atoms with Gasteiger partial charge in [0.15, 0.2) is 10.8 Å². The third-order valence-corrected chi connectivity index (χ3v) is 3.79. The quantitative estimate of drug-likeness (QED) is 0.363. The van der Waals surface area contributed by atoms with Crippen LogP contribution in [0.1, 0.15) is 16.1 Å². The molecule has 0 aliphatic rings. The fraction of sp³-hybridized carbons (Fsp3) is 0. The van der Waals surface area contributed by atoms with Gasteiger partial charge in [0.2, 0.25) is 0 Å². The fourth-order valence-electron chi connectivity index (χ4n) is 1.89. The Balaban J connectivity index is 0.000000791. The summed E-state index contributed by atoms with van der Waals surface area (Å²) in [5, 5.41) is 29.1. The highest BCUT2D eigenvalue weighted by atomic mass is 32.1. The molecule has 0 atom stereocenters. The second-order valence-electron chi connectivity index (χ2n) is 4.35. The summed E-state index contributed by atoms with van der Waals surface area (Å²) in [4.78, 5) is 20.2. The van der Waals surface area contributed by atoms with E-state index in [0.29, 0.717) is 5.13 Å². The van der Waals surface area contributed by atoms with Crippen LogP contribution in [0.2, 0.25) is 0 Å². The molecule has 0 bridgehead atoms. The summed E-state index contributed by atoms with van der Waals surface area (Å²) < 4.78 is 0.887. The van der Waals surface area contributed by atoms with E-state index in [1.165, 1.54) is 29.8 Å². The second-order valence-corrected chi connectivity index (χ2v) is 5.38. The van der Waals surface area contributed by atoms with Gasteiger partial charge < -0.3 is 10.9 Å². The number of nitrogens with two attached hydrogens (primary N) is 1. The topological polar surface area (TPSA) is 161 Å². The first-order valence-electron chi connectivity index (χ1n) is 6.78. The maximum Gasteiger partial charge on any atom is 0.279 e. The maximum atomic E-state index is 12.1. The molecule has 1 aromatic carbocycles. The fourth-order valence-corrected chi connectivity index (χ4v) is 2.80. The van der Waals surface area contributed by atoms with Crippen LogP contribution in [0.25, 0.3) is 10.2 Å². The number of pyridine rings is 1. The first-order chi connectivity index (χ1) is 12.7. The van der Waals surface area contributed by atoms with Gasteiger partial charge in [-0.15, -0.1) is 0 Å². The molecular formula is C16H13N7O2S. The van der Waals surface area contributed by atoms with Crippen LogP contribution in [-0.2, 0) is 0 Å². The number of fused-ring (bicyclic) bond motifs is 1. The van der Waals surface area contributed by atoms with Crippen molar-refractivity contribution in [2.24, 2.45) is 10.9 Å². The molecule has 0 fully saturated rings. The van der Waals surface area contributed by atoms with Crippen LogP contribution in [0.5, 0.6) is 5.75 Å². The number of anilines is 1. The first kappa shape index (κ1) is 20.0. The minimum absolute atomic E-state index is 0.0438. The molecule has 1 amide bonds. The molecule has 0 spiro atoms. The summed E-state index contributed by atoms with van der Waals surface area (Å²) in [6.45, 7) is 7.00. The number of amides is 1. The van der Waals surface area contributed by atoms with Crippen molar-refractivity contribution in [1.29, 1.82) is 10.5 Å². The van der Waals surface area contributed by atoms with Crippen LogP contribution in [-0.4, -0.2) is 27.2 Å². The Labute approximate surface area is 152 Å². The van der Waals surface area contributed by atoms with E-state index >= 15 is 0 Å². The largest absolute Gasteiger partial charge is 0.505 e. The molecule has 130 valence electrons. The summed E-state index contributed by atoms with van der Waals surface area (Å²) >= 11 is 1.31. The highest BCUT2D eigenvalue weighted by Gasteiger charge is 2.14. The Bertz CT molecular complexity index is 957. The van der Waals surface area contributed by atoms with Crippen LogP contribution >= 0.6 is 11.3 Å². The second kappa shape index (κ2) is 9.97. The molecular weight excluding hydrogens is 354 g/mol. The first-order valence-corrected chi connectivity index (χ1v) is 7.60. The van der Waals surface area contributed by atoms with Gasteiger partial charge in [0.05, 0.1) is 16.4 Å². The summed E-state index contributed by atoms with van der Waals surface area (Å²) in [6.07, 6.45) is 2.97. The average molecular weight is 367 g/mol. The average Bonchev–Trinajstić information content (AvgIpc) is 3.07. The molecule has 3 aromatic rings. The van der Waals surface area contributed by atoms with Crippen molar-refractivity contribution < 1.29 is 9.90 Å². The van der Waals surface area contributed by atoms with E-state index in [9.17, 15) is 9.90 Å². The van der Waals surface area contributed by atoms with Gasteiger partial charge in [-0.25, -0.2) is 20.5 Å². The van der Waals surface area contributed by atoms with Crippen LogP contribution < -0.4 is 11.2 Å². The van der Waals surface area contributed by atoms with E-state index in [2.05, 4.69) is 33.5 Å². The lowest BCUT2D eigenvalue weighted by Crippen LogP contribution is -2.13.